The van der Waals surface area contributed by atoms with Crippen LogP contribution in [0.5, 0.6) is 0 Å². The molecule has 0 fully saturated rings. The molecule has 0 saturated carbocycles. The third kappa shape index (κ3) is 3.43. The lowest BCUT2D eigenvalue weighted by Crippen LogP contribution is -2.29. The summed E-state index contributed by atoms with van der Waals surface area (Å²) < 4.78 is 18.9. The van der Waals surface area contributed by atoms with Crippen molar-refractivity contribution in [3.8, 4) is 0 Å². The molecule has 0 unspecified atom stereocenters. The number of nitrogen functional groups attached to an aromatic ring is 1. The first kappa shape index (κ1) is 14.2. The molecule has 0 radical (unpaired) electrons. The quantitative estimate of drug-likeness (QED) is 0.495. The Hall–Kier alpha value is -2.18. The molecule has 2 rings (SSSR count). The molecule has 0 saturated heterocycles. The summed E-state index contributed by atoms with van der Waals surface area (Å²) in [6, 6.07) is 9.86. The minimum atomic E-state index is -0.479. The molecule has 0 bridgehead atoms. The van der Waals surface area contributed by atoms with Crippen LogP contribution in [0, 0.1) is 5.82 Å². The molecule has 5 nitrogen and oxygen atoms in total. The Morgan fingerprint density at radius 2 is 2.05 bits per heavy atom. The molecule has 0 atom stereocenters. The molecule has 0 aliphatic heterocycles. The van der Waals surface area contributed by atoms with Crippen LogP contribution in [0.2, 0.25) is 0 Å². The van der Waals surface area contributed by atoms with Crippen LogP contribution in [-0.4, -0.2) is 17.9 Å². The van der Waals surface area contributed by atoms with E-state index in [9.17, 15) is 9.18 Å². The van der Waals surface area contributed by atoms with Crippen molar-refractivity contribution in [1.82, 2.24) is 10.3 Å². The van der Waals surface area contributed by atoms with Crippen LogP contribution in [0.4, 0.5) is 4.39 Å². The summed E-state index contributed by atoms with van der Waals surface area (Å²) in [7, 11) is 1.84. The van der Waals surface area contributed by atoms with Crippen LogP contribution >= 0.6 is 0 Å². The molecule has 0 aliphatic carbocycles. The maximum atomic E-state index is 13.5. The molecule has 106 valence electrons. The summed E-state index contributed by atoms with van der Waals surface area (Å²) in [6.45, 7) is 0.915. The molecule has 2 aromatic rings. The van der Waals surface area contributed by atoms with E-state index in [-0.39, 0.29) is 11.6 Å². The van der Waals surface area contributed by atoms with Gasteiger partial charge in [-0.05, 0) is 25.2 Å². The average Bonchev–Trinajstić information content (AvgIpc) is 2.89. The highest BCUT2D eigenvalue weighted by Crippen LogP contribution is 2.13. The molecule has 1 amide bonds. The largest absolute Gasteiger partial charge is 0.455 e. The fraction of sp³-hybridized carbons (Fsp3) is 0.214. The fourth-order valence-electron chi connectivity index (χ4n) is 1.90. The second-order valence-corrected chi connectivity index (χ2v) is 4.50. The highest BCUT2D eigenvalue weighted by Gasteiger charge is 2.12. The van der Waals surface area contributed by atoms with Gasteiger partial charge in [0.25, 0.3) is 0 Å². The summed E-state index contributed by atoms with van der Waals surface area (Å²) in [5.41, 5.74) is 2.61. The van der Waals surface area contributed by atoms with Crippen molar-refractivity contribution in [3.63, 3.8) is 0 Å². The van der Waals surface area contributed by atoms with Gasteiger partial charge in [-0.1, -0.05) is 18.2 Å². The monoisotopic (exact) mass is 277 g/mol. The van der Waals surface area contributed by atoms with E-state index < -0.39 is 5.91 Å². The number of carbonyl (C=O) groups is 1. The first-order chi connectivity index (χ1) is 9.60. The number of hydrogen-bond acceptors (Lipinski definition) is 4. The molecule has 0 spiro atoms. The molecule has 3 N–H and O–H groups in total. The highest BCUT2D eigenvalue weighted by molar-refractivity contribution is 5.90. The normalized spacial score (nSPS) is 10.8. The summed E-state index contributed by atoms with van der Waals surface area (Å²) in [6.07, 6.45) is 0. The minimum absolute atomic E-state index is 0.154. The third-order valence-electron chi connectivity index (χ3n) is 2.84. The number of halogens is 1. The van der Waals surface area contributed by atoms with Gasteiger partial charge in [-0.2, -0.15) is 0 Å². The maximum Gasteiger partial charge on any atom is 0.300 e. The predicted octanol–water partition coefficient (Wildman–Crippen LogP) is 1.65. The summed E-state index contributed by atoms with van der Waals surface area (Å²) in [5.74, 6) is 5.08. The third-order valence-corrected chi connectivity index (χ3v) is 2.84. The molecule has 0 aliphatic rings. The zero-order valence-corrected chi connectivity index (χ0v) is 11.1. The van der Waals surface area contributed by atoms with Gasteiger partial charge < -0.3 is 4.42 Å². The number of benzene rings is 1. The van der Waals surface area contributed by atoms with Crippen molar-refractivity contribution in [2.24, 2.45) is 5.84 Å². The van der Waals surface area contributed by atoms with E-state index in [1.54, 1.807) is 30.3 Å². The second-order valence-electron chi connectivity index (χ2n) is 4.50. The number of rotatable bonds is 5. The van der Waals surface area contributed by atoms with Crippen LogP contribution in [-0.2, 0) is 13.1 Å². The van der Waals surface area contributed by atoms with Crippen LogP contribution in [0.15, 0.2) is 40.8 Å². The van der Waals surface area contributed by atoms with Gasteiger partial charge in [-0.15, -0.1) is 0 Å². The lowest BCUT2D eigenvalue weighted by molar-refractivity contribution is 0.0922. The molecular weight excluding hydrogens is 261 g/mol. The van der Waals surface area contributed by atoms with Gasteiger partial charge in [-0.3, -0.25) is 15.1 Å². The summed E-state index contributed by atoms with van der Waals surface area (Å²) in [4.78, 5) is 13.1. The number of nitrogens with two attached hydrogens (primary N) is 1. The lowest BCUT2D eigenvalue weighted by Gasteiger charge is -2.15. The topological polar surface area (TPSA) is 71.5 Å². The van der Waals surface area contributed by atoms with E-state index >= 15 is 0 Å². The zero-order valence-electron chi connectivity index (χ0n) is 11.1. The van der Waals surface area contributed by atoms with Crippen molar-refractivity contribution in [1.29, 1.82) is 0 Å². The maximum absolute atomic E-state index is 13.5. The Morgan fingerprint density at radius 1 is 1.30 bits per heavy atom. The SMILES string of the molecule is CN(Cc1ccc(C(=O)NN)o1)Cc1ccccc1F. The number of amides is 1. The van der Waals surface area contributed by atoms with Crippen LogP contribution in [0.25, 0.3) is 0 Å². The zero-order chi connectivity index (χ0) is 14.5. The van der Waals surface area contributed by atoms with Crippen molar-refractivity contribution in [2.75, 3.05) is 7.05 Å². The first-order valence-corrected chi connectivity index (χ1v) is 6.11. The summed E-state index contributed by atoms with van der Waals surface area (Å²) >= 11 is 0. The average molecular weight is 277 g/mol. The number of nitrogens with one attached hydrogen (secondary N) is 1. The van der Waals surface area contributed by atoms with Gasteiger partial charge in [-0.25, -0.2) is 10.2 Å². The van der Waals surface area contributed by atoms with Crippen molar-refractivity contribution >= 4 is 5.91 Å². The Balaban J connectivity index is 1.98. The van der Waals surface area contributed by atoms with E-state index in [4.69, 9.17) is 10.3 Å². The Labute approximate surface area is 116 Å². The van der Waals surface area contributed by atoms with E-state index in [1.165, 1.54) is 6.07 Å². The molecular formula is C14H16FN3O2. The first-order valence-electron chi connectivity index (χ1n) is 6.11. The summed E-state index contributed by atoms with van der Waals surface area (Å²) in [5, 5.41) is 0. The lowest BCUT2D eigenvalue weighted by atomic mass is 10.2. The molecule has 1 aromatic heterocycles. The number of hydrazine groups is 1. The van der Waals surface area contributed by atoms with Gasteiger partial charge in [0.15, 0.2) is 5.76 Å². The van der Waals surface area contributed by atoms with Crippen LogP contribution in [0.1, 0.15) is 21.9 Å². The van der Waals surface area contributed by atoms with Gasteiger partial charge in [0, 0.05) is 12.1 Å². The number of furan rings is 1. The second kappa shape index (κ2) is 6.31. The number of nitrogens with zero attached hydrogens (tertiary/aromatic N) is 1. The number of carbonyl (C=O) groups excluding carboxylic acids is 1. The molecule has 1 aromatic carbocycles. The van der Waals surface area contributed by atoms with Gasteiger partial charge >= 0.3 is 5.91 Å². The smallest absolute Gasteiger partial charge is 0.300 e. The molecule has 1 heterocycles. The van der Waals surface area contributed by atoms with E-state index in [0.717, 1.165) is 0 Å². The minimum Gasteiger partial charge on any atom is -0.455 e. The Bertz CT molecular complexity index is 598. The number of hydrogen-bond donors (Lipinski definition) is 2. The van der Waals surface area contributed by atoms with Crippen LogP contribution in [0.3, 0.4) is 0 Å². The van der Waals surface area contributed by atoms with Gasteiger partial charge in [0.1, 0.15) is 11.6 Å². The molecule has 6 heteroatoms. The Kier molecular flexibility index (Phi) is 4.49. The van der Waals surface area contributed by atoms with Gasteiger partial charge in [0.05, 0.1) is 6.54 Å². The van der Waals surface area contributed by atoms with Crippen molar-refractivity contribution in [3.05, 3.63) is 59.3 Å². The highest BCUT2D eigenvalue weighted by atomic mass is 19.1. The van der Waals surface area contributed by atoms with Crippen molar-refractivity contribution in [2.45, 2.75) is 13.1 Å². The predicted molar refractivity (Wildman–Crippen MR) is 71.9 cm³/mol. The Morgan fingerprint density at radius 3 is 2.75 bits per heavy atom. The van der Waals surface area contributed by atoms with E-state index in [1.807, 2.05) is 17.4 Å². The standard InChI is InChI=1S/C14H16FN3O2/c1-18(8-10-4-2-3-5-12(10)15)9-11-6-7-13(20-11)14(19)17-16/h2-7H,8-9,16H2,1H3,(H,17,19). The van der Waals surface area contributed by atoms with Crippen LogP contribution < -0.4 is 11.3 Å². The van der Waals surface area contributed by atoms with E-state index in [0.29, 0.717) is 24.4 Å². The van der Waals surface area contributed by atoms with Gasteiger partial charge in [0.2, 0.25) is 0 Å². The van der Waals surface area contributed by atoms with Crippen molar-refractivity contribution < 1.29 is 13.6 Å². The fourth-order valence-corrected chi connectivity index (χ4v) is 1.90. The molecule has 20 heavy (non-hydrogen) atoms. The van der Waals surface area contributed by atoms with E-state index in [2.05, 4.69) is 0 Å².